The molecule has 1 amide bonds. The summed E-state index contributed by atoms with van der Waals surface area (Å²) in [5, 5.41) is 20.6. The second-order valence-electron chi connectivity index (χ2n) is 6.91. The van der Waals surface area contributed by atoms with E-state index < -0.39 is 0 Å². The number of phenolic OH excluding ortho intramolecular Hbond substituents is 1. The number of amides is 1. The largest absolute Gasteiger partial charge is 0.508 e. The number of carbonyl (C=O) groups excluding carboxylic acids is 1. The van der Waals surface area contributed by atoms with E-state index in [1.807, 2.05) is 23.6 Å². The number of phenols is 1. The molecule has 2 aliphatic heterocycles. The first-order chi connectivity index (χ1) is 12.7. The zero-order valence-electron chi connectivity index (χ0n) is 14.7. The Labute approximate surface area is 157 Å². The number of carbonyl (C=O) groups is 1. The van der Waals surface area contributed by atoms with Gasteiger partial charge in [-0.15, -0.1) is 0 Å². The Morgan fingerprint density at radius 2 is 2.00 bits per heavy atom. The van der Waals surface area contributed by atoms with Crippen LogP contribution in [-0.4, -0.2) is 46.3 Å². The van der Waals surface area contributed by atoms with E-state index in [4.69, 9.17) is 0 Å². The van der Waals surface area contributed by atoms with Gasteiger partial charge >= 0.3 is 0 Å². The van der Waals surface area contributed by atoms with Gasteiger partial charge in [-0.2, -0.15) is 16.4 Å². The van der Waals surface area contributed by atoms with Crippen molar-refractivity contribution in [2.75, 3.05) is 19.6 Å². The maximum Gasteiger partial charge on any atom is 0.257 e. The lowest BCUT2D eigenvalue weighted by Crippen LogP contribution is -2.40. The number of aromatic hydroxyl groups is 1. The molecule has 1 aromatic heterocycles. The highest BCUT2D eigenvalue weighted by Gasteiger charge is 2.35. The van der Waals surface area contributed by atoms with Crippen molar-refractivity contribution in [1.29, 1.82) is 0 Å². The number of hydrazone groups is 1. The fourth-order valence-corrected chi connectivity index (χ4v) is 4.40. The first kappa shape index (κ1) is 17.2. The van der Waals surface area contributed by atoms with Gasteiger partial charge in [0.2, 0.25) is 0 Å². The minimum Gasteiger partial charge on any atom is -0.508 e. The number of hydrogen-bond acceptors (Lipinski definition) is 5. The van der Waals surface area contributed by atoms with E-state index in [2.05, 4.69) is 15.4 Å². The standard InChI is InChI=1S/C20H23N3O2S/c24-19-7-3-2-6-16(19)18-12-17(15-8-11-26-14-15)21-23(18)20(25)13-22-9-4-1-5-10-22/h2-3,6-8,11,14,18,24H,1,4-5,9-10,12-13H2. The Kier molecular flexibility index (Phi) is 5.04. The lowest BCUT2D eigenvalue weighted by Gasteiger charge is -2.29. The highest BCUT2D eigenvalue weighted by Crippen LogP contribution is 2.37. The van der Waals surface area contributed by atoms with Crippen molar-refractivity contribution in [3.63, 3.8) is 0 Å². The summed E-state index contributed by atoms with van der Waals surface area (Å²) in [4.78, 5) is 15.2. The Balaban J connectivity index is 1.60. The van der Waals surface area contributed by atoms with Crippen molar-refractivity contribution >= 4 is 23.0 Å². The molecule has 1 saturated heterocycles. The number of nitrogens with zero attached hydrogens (tertiary/aromatic N) is 3. The quantitative estimate of drug-likeness (QED) is 0.896. The smallest absolute Gasteiger partial charge is 0.257 e. The van der Waals surface area contributed by atoms with Crippen LogP contribution in [0, 0.1) is 0 Å². The van der Waals surface area contributed by atoms with Crippen LogP contribution in [0.15, 0.2) is 46.2 Å². The van der Waals surface area contributed by atoms with E-state index in [0.717, 1.165) is 42.8 Å². The fraction of sp³-hybridized carbons (Fsp3) is 0.400. The maximum atomic E-state index is 13.0. The molecule has 1 N–H and O–H groups in total. The third kappa shape index (κ3) is 3.52. The third-order valence-electron chi connectivity index (χ3n) is 5.12. The minimum atomic E-state index is -0.247. The molecule has 0 spiro atoms. The molecular formula is C20H23N3O2S. The molecule has 2 aromatic rings. The van der Waals surface area contributed by atoms with E-state index in [1.165, 1.54) is 6.42 Å². The van der Waals surface area contributed by atoms with E-state index in [0.29, 0.717) is 13.0 Å². The summed E-state index contributed by atoms with van der Waals surface area (Å²) in [5.74, 6) is 0.223. The fourth-order valence-electron chi connectivity index (χ4n) is 3.74. The van der Waals surface area contributed by atoms with Gasteiger partial charge in [0.15, 0.2) is 0 Å². The second kappa shape index (κ2) is 7.60. The minimum absolute atomic E-state index is 0.00498. The number of piperidine rings is 1. The molecule has 4 rings (SSSR count). The van der Waals surface area contributed by atoms with Crippen LogP contribution in [0.3, 0.4) is 0 Å². The van der Waals surface area contributed by atoms with Gasteiger partial charge in [-0.05, 0) is 48.8 Å². The topological polar surface area (TPSA) is 56.1 Å². The summed E-state index contributed by atoms with van der Waals surface area (Å²) < 4.78 is 0. The third-order valence-corrected chi connectivity index (χ3v) is 5.81. The van der Waals surface area contributed by atoms with Gasteiger partial charge in [-0.3, -0.25) is 9.69 Å². The molecule has 136 valence electrons. The monoisotopic (exact) mass is 369 g/mol. The number of para-hydroxylation sites is 1. The average molecular weight is 369 g/mol. The highest BCUT2D eigenvalue weighted by molar-refractivity contribution is 7.08. The molecular weight excluding hydrogens is 346 g/mol. The molecule has 5 nitrogen and oxygen atoms in total. The first-order valence-electron chi connectivity index (χ1n) is 9.15. The van der Waals surface area contributed by atoms with Crippen LogP contribution in [0.2, 0.25) is 0 Å². The Hall–Kier alpha value is -2.18. The van der Waals surface area contributed by atoms with Crippen LogP contribution < -0.4 is 0 Å². The predicted molar refractivity (Wildman–Crippen MR) is 103 cm³/mol. The van der Waals surface area contributed by atoms with Crippen molar-refractivity contribution in [2.24, 2.45) is 5.10 Å². The second-order valence-corrected chi connectivity index (χ2v) is 7.69. The summed E-state index contributed by atoms with van der Waals surface area (Å²) in [7, 11) is 0. The van der Waals surface area contributed by atoms with Crippen molar-refractivity contribution in [3.8, 4) is 5.75 Å². The van der Waals surface area contributed by atoms with E-state index in [1.54, 1.807) is 28.5 Å². The van der Waals surface area contributed by atoms with Crippen LogP contribution in [0.5, 0.6) is 5.75 Å². The molecule has 0 radical (unpaired) electrons. The summed E-state index contributed by atoms with van der Waals surface area (Å²) in [6.45, 7) is 2.34. The molecule has 1 fully saturated rings. The van der Waals surface area contributed by atoms with Crippen LogP contribution in [0.1, 0.15) is 42.9 Å². The number of thiophene rings is 1. The van der Waals surface area contributed by atoms with Gasteiger partial charge < -0.3 is 5.11 Å². The Morgan fingerprint density at radius 3 is 2.73 bits per heavy atom. The molecule has 0 aliphatic carbocycles. The van der Waals surface area contributed by atoms with E-state index in [-0.39, 0.29) is 17.7 Å². The highest BCUT2D eigenvalue weighted by atomic mass is 32.1. The number of rotatable bonds is 4. The molecule has 3 heterocycles. The summed E-state index contributed by atoms with van der Waals surface area (Å²) >= 11 is 1.62. The molecule has 0 bridgehead atoms. The SMILES string of the molecule is O=C(CN1CCCCC1)N1N=C(c2ccsc2)CC1c1ccccc1O. The summed E-state index contributed by atoms with van der Waals surface area (Å²) in [6, 6.07) is 9.03. The zero-order valence-corrected chi connectivity index (χ0v) is 15.5. The van der Waals surface area contributed by atoms with Gasteiger partial charge in [0.25, 0.3) is 5.91 Å². The zero-order chi connectivity index (χ0) is 17.9. The van der Waals surface area contributed by atoms with Crippen molar-refractivity contribution in [3.05, 3.63) is 52.2 Å². The Morgan fingerprint density at radius 1 is 1.19 bits per heavy atom. The summed E-state index contributed by atoms with van der Waals surface area (Å²) in [6.07, 6.45) is 4.18. The number of hydrogen-bond donors (Lipinski definition) is 1. The lowest BCUT2D eigenvalue weighted by atomic mass is 9.99. The van der Waals surface area contributed by atoms with Crippen LogP contribution in [0.25, 0.3) is 0 Å². The van der Waals surface area contributed by atoms with E-state index >= 15 is 0 Å². The lowest BCUT2D eigenvalue weighted by molar-refractivity contribution is -0.134. The maximum absolute atomic E-state index is 13.0. The number of benzene rings is 1. The molecule has 1 atom stereocenters. The van der Waals surface area contributed by atoms with Gasteiger partial charge in [0.05, 0.1) is 18.3 Å². The van der Waals surface area contributed by atoms with Gasteiger partial charge in [0.1, 0.15) is 5.75 Å². The van der Waals surface area contributed by atoms with Crippen molar-refractivity contribution in [2.45, 2.75) is 31.7 Å². The molecule has 1 unspecified atom stereocenters. The normalized spacial score (nSPS) is 21.0. The molecule has 2 aliphatic rings. The van der Waals surface area contributed by atoms with Crippen LogP contribution in [-0.2, 0) is 4.79 Å². The molecule has 0 saturated carbocycles. The average Bonchev–Trinajstić information content (AvgIpc) is 3.33. The Bertz CT molecular complexity index is 797. The molecule has 1 aromatic carbocycles. The molecule has 26 heavy (non-hydrogen) atoms. The van der Waals surface area contributed by atoms with Crippen LogP contribution >= 0.6 is 11.3 Å². The van der Waals surface area contributed by atoms with Crippen molar-refractivity contribution < 1.29 is 9.90 Å². The summed E-state index contributed by atoms with van der Waals surface area (Å²) in [5.41, 5.74) is 2.73. The van der Waals surface area contributed by atoms with Gasteiger partial charge in [-0.25, -0.2) is 5.01 Å². The van der Waals surface area contributed by atoms with Crippen LogP contribution in [0.4, 0.5) is 0 Å². The van der Waals surface area contributed by atoms with Gasteiger partial charge in [-0.1, -0.05) is 24.6 Å². The predicted octanol–water partition coefficient (Wildman–Crippen LogP) is 3.62. The van der Waals surface area contributed by atoms with Crippen molar-refractivity contribution in [1.82, 2.24) is 9.91 Å². The van der Waals surface area contributed by atoms with E-state index in [9.17, 15) is 9.90 Å². The van der Waals surface area contributed by atoms with Gasteiger partial charge in [0, 0.05) is 17.5 Å². The number of likely N-dealkylation sites (tertiary alicyclic amines) is 1. The first-order valence-corrected chi connectivity index (χ1v) is 10.1. The molecule has 6 heteroatoms.